The summed E-state index contributed by atoms with van der Waals surface area (Å²) in [4.78, 5) is 26.2. The number of carbonyl (C=O) groups is 2. The molecule has 6 heteroatoms. The number of Topliss-reactive ketones (excluding diaryl/α,β-unsaturated/α-hetero) is 1. The van der Waals surface area contributed by atoms with Gasteiger partial charge < -0.3 is 4.74 Å². The quantitative estimate of drug-likeness (QED) is 0.335. The number of ether oxygens (including phenoxy) is 1. The van der Waals surface area contributed by atoms with E-state index in [-0.39, 0.29) is 23.4 Å². The summed E-state index contributed by atoms with van der Waals surface area (Å²) in [6, 6.07) is 0. The van der Waals surface area contributed by atoms with Crippen LogP contribution in [0, 0.1) is 11.3 Å². The predicted octanol–water partition coefficient (Wildman–Crippen LogP) is 3.16. The van der Waals surface area contributed by atoms with Crippen LogP contribution in [0.15, 0.2) is 5.11 Å². The van der Waals surface area contributed by atoms with Crippen molar-refractivity contribution in [1.82, 2.24) is 0 Å². The third-order valence-electron chi connectivity index (χ3n) is 4.79. The maximum Gasteiger partial charge on any atom is 0.302 e. The highest BCUT2D eigenvalue weighted by Crippen LogP contribution is 2.54. The number of hydrogen-bond donors (Lipinski definition) is 0. The number of carbonyl (C=O) groups excluding carboxylic acids is 2. The lowest BCUT2D eigenvalue weighted by Crippen LogP contribution is -2.53. The molecule has 0 amide bonds. The molecular weight excluding hydrogens is 258 g/mol. The molecule has 2 fully saturated rings. The van der Waals surface area contributed by atoms with Gasteiger partial charge in [-0.15, -0.1) is 0 Å². The van der Waals surface area contributed by atoms with Gasteiger partial charge in [-0.2, -0.15) is 0 Å². The van der Waals surface area contributed by atoms with E-state index < -0.39 is 0 Å². The van der Waals surface area contributed by atoms with Crippen LogP contribution < -0.4 is 0 Å². The average molecular weight is 279 g/mol. The van der Waals surface area contributed by atoms with E-state index in [1.165, 1.54) is 6.92 Å². The zero-order valence-electron chi connectivity index (χ0n) is 11.9. The van der Waals surface area contributed by atoms with Crippen molar-refractivity contribution in [3.05, 3.63) is 10.4 Å². The smallest absolute Gasteiger partial charge is 0.302 e. The second-order valence-corrected chi connectivity index (χ2v) is 5.82. The molecule has 3 atom stereocenters. The molecule has 0 saturated heterocycles. The van der Waals surface area contributed by atoms with E-state index in [0.717, 1.165) is 32.1 Å². The first kappa shape index (κ1) is 14.9. The van der Waals surface area contributed by atoms with Gasteiger partial charge in [0, 0.05) is 36.1 Å². The van der Waals surface area contributed by atoms with Crippen molar-refractivity contribution in [2.45, 2.75) is 58.0 Å². The molecule has 0 bridgehead atoms. The van der Waals surface area contributed by atoms with Crippen LogP contribution >= 0.6 is 0 Å². The van der Waals surface area contributed by atoms with Crippen molar-refractivity contribution in [2.24, 2.45) is 16.4 Å². The van der Waals surface area contributed by atoms with Crippen LogP contribution in [0.2, 0.25) is 0 Å². The van der Waals surface area contributed by atoms with E-state index in [2.05, 4.69) is 10.0 Å². The Morgan fingerprint density at radius 1 is 1.55 bits per heavy atom. The number of azide groups is 1. The lowest BCUT2D eigenvalue weighted by atomic mass is 9.53. The van der Waals surface area contributed by atoms with E-state index in [9.17, 15) is 9.59 Å². The topological polar surface area (TPSA) is 92.1 Å². The summed E-state index contributed by atoms with van der Waals surface area (Å²) < 4.78 is 5.44. The van der Waals surface area contributed by atoms with Gasteiger partial charge in [0.1, 0.15) is 11.9 Å². The molecule has 110 valence electrons. The summed E-state index contributed by atoms with van der Waals surface area (Å²) in [7, 11) is 0. The number of ketones is 1. The molecule has 0 unspecified atom stereocenters. The predicted molar refractivity (Wildman–Crippen MR) is 72.8 cm³/mol. The molecule has 2 rings (SSSR count). The van der Waals surface area contributed by atoms with E-state index in [0.29, 0.717) is 25.2 Å². The standard InChI is InChI=1S/C14H21N3O3/c1-10(18)20-12(6-9-16-17-15)11-4-2-3-7-14(11)8-5-13(14)19/h11-12H,2-9H2,1H3/t11-,12+,14-/m1/s1. The number of esters is 1. The highest BCUT2D eigenvalue weighted by atomic mass is 16.5. The molecule has 0 aromatic rings. The fourth-order valence-corrected chi connectivity index (χ4v) is 3.80. The molecule has 2 saturated carbocycles. The van der Waals surface area contributed by atoms with Gasteiger partial charge in [-0.25, -0.2) is 0 Å². The molecule has 1 spiro atoms. The Balaban J connectivity index is 2.13. The molecule has 20 heavy (non-hydrogen) atoms. The van der Waals surface area contributed by atoms with Gasteiger partial charge in [-0.05, 0) is 31.2 Å². The minimum atomic E-state index is -0.330. The first-order valence-electron chi connectivity index (χ1n) is 7.31. The lowest BCUT2D eigenvalue weighted by Gasteiger charge is -2.51. The van der Waals surface area contributed by atoms with Crippen molar-refractivity contribution in [3.63, 3.8) is 0 Å². The molecule has 0 N–H and O–H groups in total. The van der Waals surface area contributed by atoms with E-state index in [1.807, 2.05) is 0 Å². The maximum atomic E-state index is 12.1. The molecule has 0 radical (unpaired) electrons. The minimum absolute atomic E-state index is 0.0929. The third-order valence-corrected chi connectivity index (χ3v) is 4.79. The first-order chi connectivity index (χ1) is 9.60. The fraction of sp³-hybridized carbons (Fsp3) is 0.857. The molecule has 6 nitrogen and oxygen atoms in total. The van der Waals surface area contributed by atoms with Crippen LogP contribution in [-0.4, -0.2) is 24.4 Å². The van der Waals surface area contributed by atoms with Crippen LogP contribution in [0.1, 0.15) is 51.9 Å². The van der Waals surface area contributed by atoms with Gasteiger partial charge in [0.05, 0.1) is 0 Å². The number of nitrogens with zero attached hydrogens (tertiary/aromatic N) is 3. The van der Waals surface area contributed by atoms with Gasteiger partial charge in [-0.3, -0.25) is 9.59 Å². The molecule has 2 aliphatic rings. The summed E-state index contributed by atoms with van der Waals surface area (Å²) in [5, 5.41) is 3.53. The Morgan fingerprint density at radius 3 is 2.90 bits per heavy atom. The summed E-state index contributed by atoms with van der Waals surface area (Å²) in [6.45, 7) is 1.69. The van der Waals surface area contributed by atoms with Crippen LogP contribution in [0.25, 0.3) is 10.4 Å². The zero-order chi connectivity index (χ0) is 14.6. The largest absolute Gasteiger partial charge is 0.462 e. The normalized spacial score (nSPS) is 30.2. The SMILES string of the molecule is CC(=O)O[C@@H](CCN=[N+]=[N-])[C@H]1CCCC[C@@]12CCC2=O. The summed E-state index contributed by atoms with van der Waals surface area (Å²) >= 11 is 0. The second kappa shape index (κ2) is 6.27. The van der Waals surface area contributed by atoms with Crippen molar-refractivity contribution in [2.75, 3.05) is 6.54 Å². The van der Waals surface area contributed by atoms with Crippen LogP contribution in [0.5, 0.6) is 0 Å². The van der Waals surface area contributed by atoms with Crippen molar-refractivity contribution >= 4 is 11.8 Å². The molecular formula is C14H21N3O3. The summed E-state index contributed by atoms with van der Waals surface area (Å²) in [6.07, 6.45) is 5.74. The van der Waals surface area contributed by atoms with Crippen molar-refractivity contribution < 1.29 is 14.3 Å². The number of hydrogen-bond acceptors (Lipinski definition) is 4. The Kier molecular flexibility index (Phi) is 4.65. The molecule has 0 heterocycles. The number of rotatable bonds is 5. The Bertz CT molecular complexity index is 445. The third kappa shape index (κ3) is 2.80. The molecule has 2 aliphatic carbocycles. The van der Waals surface area contributed by atoms with Gasteiger partial charge in [0.15, 0.2) is 0 Å². The Labute approximate surface area is 118 Å². The lowest BCUT2D eigenvalue weighted by molar-refractivity contribution is -0.166. The van der Waals surface area contributed by atoms with Gasteiger partial charge in [0.25, 0.3) is 0 Å². The van der Waals surface area contributed by atoms with Crippen LogP contribution in [-0.2, 0) is 14.3 Å². The summed E-state index contributed by atoms with van der Waals surface area (Å²) in [5.41, 5.74) is 8.10. The zero-order valence-corrected chi connectivity index (χ0v) is 11.9. The first-order valence-corrected chi connectivity index (χ1v) is 7.31. The van der Waals surface area contributed by atoms with E-state index in [1.54, 1.807) is 0 Å². The maximum absolute atomic E-state index is 12.1. The van der Waals surface area contributed by atoms with Crippen LogP contribution in [0.4, 0.5) is 0 Å². The Hall–Kier alpha value is -1.55. The molecule has 0 aromatic carbocycles. The molecule has 0 aliphatic heterocycles. The molecule has 0 aromatic heterocycles. The monoisotopic (exact) mass is 279 g/mol. The van der Waals surface area contributed by atoms with Crippen molar-refractivity contribution in [3.8, 4) is 0 Å². The highest BCUT2D eigenvalue weighted by molar-refractivity contribution is 5.91. The highest BCUT2D eigenvalue weighted by Gasteiger charge is 2.54. The van der Waals surface area contributed by atoms with Crippen LogP contribution in [0.3, 0.4) is 0 Å². The minimum Gasteiger partial charge on any atom is -0.462 e. The summed E-state index contributed by atoms with van der Waals surface area (Å²) in [5.74, 6) is 0.0851. The van der Waals surface area contributed by atoms with E-state index in [4.69, 9.17) is 10.3 Å². The van der Waals surface area contributed by atoms with Crippen molar-refractivity contribution in [1.29, 1.82) is 0 Å². The van der Waals surface area contributed by atoms with E-state index >= 15 is 0 Å². The second-order valence-electron chi connectivity index (χ2n) is 5.82. The fourth-order valence-electron chi connectivity index (χ4n) is 3.80. The van der Waals surface area contributed by atoms with Gasteiger partial charge >= 0.3 is 5.97 Å². The Morgan fingerprint density at radius 2 is 2.35 bits per heavy atom. The average Bonchev–Trinajstić information content (AvgIpc) is 2.44. The van der Waals surface area contributed by atoms with Gasteiger partial charge in [-0.1, -0.05) is 18.0 Å². The van der Waals surface area contributed by atoms with Gasteiger partial charge in [0.2, 0.25) is 0 Å².